The average molecular weight is 427 g/mol. The summed E-state index contributed by atoms with van der Waals surface area (Å²) in [7, 11) is 1.43. The van der Waals surface area contributed by atoms with Crippen molar-refractivity contribution in [2.24, 2.45) is 4.99 Å². The fourth-order valence-electron chi connectivity index (χ4n) is 2.20. The Kier molecular flexibility index (Phi) is 13.7. The van der Waals surface area contributed by atoms with Crippen molar-refractivity contribution in [3.05, 3.63) is 0 Å². The molecular formula is C15H30IN3O3. The van der Waals surface area contributed by atoms with E-state index in [4.69, 9.17) is 4.74 Å². The molecule has 22 heavy (non-hydrogen) atoms. The first-order valence-corrected chi connectivity index (χ1v) is 7.96. The molecule has 1 saturated heterocycles. The molecule has 0 aromatic carbocycles. The highest BCUT2D eigenvalue weighted by molar-refractivity contribution is 14.0. The first-order valence-electron chi connectivity index (χ1n) is 7.96. The van der Waals surface area contributed by atoms with Crippen LogP contribution >= 0.6 is 24.0 Å². The van der Waals surface area contributed by atoms with Crippen molar-refractivity contribution in [1.29, 1.82) is 0 Å². The SMILES string of the molecule is CCNC(=NCC1CCCO1)NCCCCCC(=O)OC.I. The summed E-state index contributed by atoms with van der Waals surface area (Å²) in [5.74, 6) is 0.718. The number of esters is 1. The summed E-state index contributed by atoms with van der Waals surface area (Å²) in [4.78, 5) is 15.5. The van der Waals surface area contributed by atoms with E-state index in [1.165, 1.54) is 7.11 Å². The summed E-state index contributed by atoms with van der Waals surface area (Å²) in [6.07, 6.45) is 5.93. The molecule has 0 aliphatic carbocycles. The van der Waals surface area contributed by atoms with Crippen LogP contribution in [0.15, 0.2) is 4.99 Å². The lowest BCUT2D eigenvalue weighted by molar-refractivity contribution is -0.140. The van der Waals surface area contributed by atoms with Crippen molar-refractivity contribution in [2.45, 2.75) is 51.6 Å². The molecule has 0 aromatic heterocycles. The number of methoxy groups -OCH3 is 1. The Morgan fingerprint density at radius 3 is 2.77 bits per heavy atom. The highest BCUT2D eigenvalue weighted by Gasteiger charge is 2.14. The van der Waals surface area contributed by atoms with E-state index in [-0.39, 0.29) is 36.0 Å². The number of rotatable bonds is 9. The second-order valence-electron chi connectivity index (χ2n) is 5.17. The number of unbranched alkanes of at least 4 members (excludes halogenated alkanes) is 2. The van der Waals surface area contributed by atoms with Crippen LogP contribution in [0.5, 0.6) is 0 Å². The van der Waals surface area contributed by atoms with E-state index in [2.05, 4.69) is 27.3 Å². The third-order valence-corrected chi connectivity index (χ3v) is 3.40. The average Bonchev–Trinajstić information content (AvgIpc) is 3.01. The van der Waals surface area contributed by atoms with Gasteiger partial charge in [-0.2, -0.15) is 0 Å². The van der Waals surface area contributed by atoms with Gasteiger partial charge < -0.3 is 20.1 Å². The molecule has 1 unspecified atom stereocenters. The summed E-state index contributed by atoms with van der Waals surface area (Å²) in [5, 5.41) is 6.55. The molecule has 1 aliphatic heterocycles. The molecule has 1 rings (SSSR count). The summed E-state index contributed by atoms with van der Waals surface area (Å²) < 4.78 is 10.2. The van der Waals surface area contributed by atoms with Gasteiger partial charge in [-0.15, -0.1) is 24.0 Å². The number of hydrogen-bond acceptors (Lipinski definition) is 4. The van der Waals surface area contributed by atoms with Crippen molar-refractivity contribution in [3.63, 3.8) is 0 Å². The molecule has 7 heteroatoms. The number of nitrogens with zero attached hydrogens (tertiary/aromatic N) is 1. The van der Waals surface area contributed by atoms with Gasteiger partial charge in [0.2, 0.25) is 0 Å². The fraction of sp³-hybridized carbons (Fsp3) is 0.867. The van der Waals surface area contributed by atoms with Crippen LogP contribution in [0.2, 0.25) is 0 Å². The van der Waals surface area contributed by atoms with Gasteiger partial charge in [-0.1, -0.05) is 6.42 Å². The molecule has 0 saturated carbocycles. The highest BCUT2D eigenvalue weighted by atomic mass is 127. The number of ether oxygens (including phenoxy) is 2. The molecule has 0 amide bonds. The molecule has 0 radical (unpaired) electrons. The molecule has 0 aromatic rings. The predicted molar refractivity (Wildman–Crippen MR) is 98.9 cm³/mol. The Labute approximate surface area is 150 Å². The topological polar surface area (TPSA) is 72.0 Å². The van der Waals surface area contributed by atoms with Gasteiger partial charge in [0.25, 0.3) is 0 Å². The van der Waals surface area contributed by atoms with Crippen LogP contribution in [-0.2, 0) is 14.3 Å². The van der Waals surface area contributed by atoms with E-state index in [1.807, 2.05) is 0 Å². The summed E-state index contributed by atoms with van der Waals surface area (Å²) in [5.41, 5.74) is 0. The van der Waals surface area contributed by atoms with Gasteiger partial charge in [-0.3, -0.25) is 9.79 Å². The maximum Gasteiger partial charge on any atom is 0.305 e. The molecule has 2 N–H and O–H groups in total. The van der Waals surface area contributed by atoms with Crippen molar-refractivity contribution < 1.29 is 14.3 Å². The predicted octanol–water partition coefficient (Wildman–Crippen LogP) is 2.07. The Hall–Kier alpha value is -0.570. The van der Waals surface area contributed by atoms with Crippen LogP contribution in [-0.4, -0.2) is 51.4 Å². The molecule has 1 aliphatic rings. The number of carbonyl (C=O) groups excluding carboxylic acids is 1. The quantitative estimate of drug-likeness (QED) is 0.194. The standard InChI is InChI=1S/C15H29N3O3.HI/c1-3-16-15(18-12-13-8-7-11-21-13)17-10-6-4-5-9-14(19)20-2;/h13H,3-12H2,1-2H3,(H2,16,17,18);1H. The largest absolute Gasteiger partial charge is 0.469 e. The molecule has 0 spiro atoms. The third kappa shape index (κ3) is 10.2. The van der Waals surface area contributed by atoms with E-state index >= 15 is 0 Å². The van der Waals surface area contributed by atoms with Gasteiger partial charge in [0, 0.05) is 26.1 Å². The van der Waals surface area contributed by atoms with Crippen molar-refractivity contribution >= 4 is 35.9 Å². The van der Waals surface area contributed by atoms with E-state index in [0.29, 0.717) is 6.42 Å². The fourth-order valence-corrected chi connectivity index (χ4v) is 2.20. The first-order chi connectivity index (χ1) is 10.3. The van der Waals surface area contributed by atoms with Gasteiger partial charge in [-0.25, -0.2) is 0 Å². The van der Waals surface area contributed by atoms with Gasteiger partial charge >= 0.3 is 5.97 Å². The normalized spacial score (nSPS) is 17.7. The van der Waals surface area contributed by atoms with Crippen LogP contribution in [0.1, 0.15) is 45.4 Å². The second kappa shape index (κ2) is 14.0. The zero-order valence-corrected chi connectivity index (χ0v) is 16.1. The minimum Gasteiger partial charge on any atom is -0.469 e. The Morgan fingerprint density at radius 1 is 1.32 bits per heavy atom. The third-order valence-electron chi connectivity index (χ3n) is 3.40. The van der Waals surface area contributed by atoms with Crippen LogP contribution in [0, 0.1) is 0 Å². The van der Waals surface area contributed by atoms with Crippen molar-refractivity contribution in [2.75, 3.05) is 33.4 Å². The molecule has 6 nitrogen and oxygen atoms in total. The lowest BCUT2D eigenvalue weighted by Gasteiger charge is -2.12. The maximum absolute atomic E-state index is 11.0. The van der Waals surface area contributed by atoms with Crippen LogP contribution < -0.4 is 10.6 Å². The van der Waals surface area contributed by atoms with Crippen LogP contribution in [0.3, 0.4) is 0 Å². The number of hydrogen-bond donors (Lipinski definition) is 2. The summed E-state index contributed by atoms with van der Waals surface area (Å²) in [6, 6.07) is 0. The van der Waals surface area contributed by atoms with Crippen molar-refractivity contribution in [3.8, 4) is 0 Å². The van der Waals surface area contributed by atoms with Gasteiger partial charge in [-0.05, 0) is 32.6 Å². The molecular weight excluding hydrogens is 397 g/mol. The number of aliphatic imine (C=N–C) groups is 1. The lowest BCUT2D eigenvalue weighted by Crippen LogP contribution is -2.38. The molecule has 0 bridgehead atoms. The highest BCUT2D eigenvalue weighted by Crippen LogP contribution is 2.11. The van der Waals surface area contributed by atoms with Crippen LogP contribution in [0.25, 0.3) is 0 Å². The number of guanidine groups is 1. The summed E-state index contributed by atoms with van der Waals surface area (Å²) in [6.45, 7) is 5.35. The Morgan fingerprint density at radius 2 is 2.14 bits per heavy atom. The first kappa shape index (κ1) is 21.4. The minimum atomic E-state index is -0.130. The second-order valence-corrected chi connectivity index (χ2v) is 5.17. The zero-order chi connectivity index (χ0) is 15.3. The Balaban J connectivity index is 0.00000441. The van der Waals surface area contributed by atoms with E-state index in [9.17, 15) is 4.79 Å². The minimum absolute atomic E-state index is 0. The number of carbonyl (C=O) groups is 1. The van der Waals surface area contributed by atoms with E-state index < -0.39 is 0 Å². The number of halogens is 1. The molecule has 1 heterocycles. The van der Waals surface area contributed by atoms with Crippen LogP contribution in [0.4, 0.5) is 0 Å². The van der Waals surface area contributed by atoms with Gasteiger partial charge in [0.15, 0.2) is 5.96 Å². The zero-order valence-electron chi connectivity index (χ0n) is 13.7. The molecule has 1 fully saturated rings. The smallest absolute Gasteiger partial charge is 0.305 e. The summed E-state index contributed by atoms with van der Waals surface area (Å²) >= 11 is 0. The van der Waals surface area contributed by atoms with Gasteiger partial charge in [0.1, 0.15) is 0 Å². The van der Waals surface area contributed by atoms with Crippen molar-refractivity contribution in [1.82, 2.24) is 10.6 Å². The molecule has 1 atom stereocenters. The molecule has 130 valence electrons. The van der Waals surface area contributed by atoms with E-state index in [1.54, 1.807) is 0 Å². The number of nitrogens with one attached hydrogen (secondary N) is 2. The maximum atomic E-state index is 11.0. The lowest BCUT2D eigenvalue weighted by atomic mass is 10.2. The van der Waals surface area contributed by atoms with Gasteiger partial charge in [0.05, 0.1) is 19.8 Å². The Bertz CT molecular complexity index is 321. The monoisotopic (exact) mass is 427 g/mol. The van der Waals surface area contributed by atoms with E-state index in [0.717, 1.165) is 64.3 Å².